The number of hydrogen-bond acceptors (Lipinski definition) is 3. The van der Waals surface area contributed by atoms with E-state index in [4.69, 9.17) is 9.47 Å². The molecule has 0 amide bonds. The van der Waals surface area contributed by atoms with Gasteiger partial charge in [0.05, 0.1) is 18.3 Å². The van der Waals surface area contributed by atoms with Crippen LogP contribution < -0.4 is 5.32 Å². The lowest BCUT2D eigenvalue weighted by molar-refractivity contribution is -0.0651. The van der Waals surface area contributed by atoms with Crippen LogP contribution in [0.1, 0.15) is 37.4 Å². The Kier molecular flexibility index (Phi) is 5.95. The number of likely N-dealkylation sites (N-methyl/N-ethyl adjacent to an activating group) is 1. The van der Waals surface area contributed by atoms with Gasteiger partial charge < -0.3 is 14.8 Å². The molecule has 1 saturated carbocycles. The standard InChI is InChI=1S/C16H24FNO2/c1-18-11-16(12-6-8-13(17)9-7-12)20-15-5-3-4-14(10-15)19-2/h6-9,14-16,18H,3-5,10-11H2,1-2H3. The topological polar surface area (TPSA) is 30.5 Å². The third-order valence-corrected chi connectivity index (χ3v) is 3.90. The van der Waals surface area contributed by atoms with Crippen molar-refractivity contribution < 1.29 is 13.9 Å². The molecule has 0 aliphatic heterocycles. The Morgan fingerprint density at radius 1 is 1.25 bits per heavy atom. The number of halogens is 1. The van der Waals surface area contributed by atoms with Crippen LogP contribution >= 0.6 is 0 Å². The number of benzene rings is 1. The molecule has 0 aromatic heterocycles. The van der Waals surface area contributed by atoms with Gasteiger partial charge in [-0.25, -0.2) is 4.39 Å². The summed E-state index contributed by atoms with van der Waals surface area (Å²) in [6, 6.07) is 6.57. The summed E-state index contributed by atoms with van der Waals surface area (Å²) in [4.78, 5) is 0. The van der Waals surface area contributed by atoms with Gasteiger partial charge in [-0.15, -0.1) is 0 Å². The predicted octanol–water partition coefficient (Wildman–Crippen LogP) is 3.06. The number of methoxy groups -OCH3 is 1. The Morgan fingerprint density at radius 2 is 1.95 bits per heavy atom. The van der Waals surface area contributed by atoms with Crippen LogP contribution in [-0.2, 0) is 9.47 Å². The molecule has 1 N–H and O–H groups in total. The molecule has 1 aliphatic carbocycles. The van der Waals surface area contributed by atoms with Crippen LogP contribution in [0.5, 0.6) is 0 Å². The average Bonchev–Trinajstić information content (AvgIpc) is 2.48. The lowest BCUT2D eigenvalue weighted by Crippen LogP contribution is -2.31. The highest BCUT2D eigenvalue weighted by atomic mass is 19.1. The van der Waals surface area contributed by atoms with E-state index in [-0.39, 0.29) is 18.0 Å². The first kappa shape index (κ1) is 15.4. The van der Waals surface area contributed by atoms with Crippen LogP contribution in [-0.4, -0.2) is 32.9 Å². The number of rotatable bonds is 6. The number of hydrogen-bond donors (Lipinski definition) is 1. The van der Waals surface area contributed by atoms with E-state index in [1.165, 1.54) is 12.1 Å². The molecule has 0 bridgehead atoms. The molecule has 3 nitrogen and oxygen atoms in total. The second kappa shape index (κ2) is 7.72. The van der Waals surface area contributed by atoms with Crippen molar-refractivity contribution in [3.05, 3.63) is 35.6 Å². The van der Waals surface area contributed by atoms with Crippen LogP contribution in [0.2, 0.25) is 0 Å². The maximum Gasteiger partial charge on any atom is 0.123 e. The third kappa shape index (κ3) is 4.27. The van der Waals surface area contributed by atoms with E-state index in [1.54, 1.807) is 19.2 Å². The lowest BCUT2D eigenvalue weighted by atomic mass is 9.94. The first-order valence-corrected chi connectivity index (χ1v) is 7.31. The fraction of sp³-hybridized carbons (Fsp3) is 0.625. The number of nitrogens with one attached hydrogen (secondary N) is 1. The molecule has 20 heavy (non-hydrogen) atoms. The summed E-state index contributed by atoms with van der Waals surface area (Å²) >= 11 is 0. The molecule has 1 fully saturated rings. The Morgan fingerprint density at radius 3 is 2.60 bits per heavy atom. The van der Waals surface area contributed by atoms with E-state index in [0.717, 1.165) is 37.8 Å². The van der Waals surface area contributed by atoms with Gasteiger partial charge in [0, 0.05) is 13.7 Å². The highest BCUT2D eigenvalue weighted by molar-refractivity contribution is 5.19. The van der Waals surface area contributed by atoms with Crippen molar-refractivity contribution in [2.75, 3.05) is 20.7 Å². The van der Waals surface area contributed by atoms with Gasteiger partial charge in [-0.1, -0.05) is 12.1 Å². The zero-order valence-electron chi connectivity index (χ0n) is 12.3. The molecule has 2 rings (SSSR count). The first-order valence-electron chi connectivity index (χ1n) is 7.31. The minimum Gasteiger partial charge on any atom is -0.381 e. The van der Waals surface area contributed by atoms with Crippen molar-refractivity contribution in [1.29, 1.82) is 0 Å². The summed E-state index contributed by atoms with van der Waals surface area (Å²) in [6.07, 6.45) is 4.75. The molecule has 0 spiro atoms. The van der Waals surface area contributed by atoms with Crippen molar-refractivity contribution in [2.24, 2.45) is 0 Å². The molecule has 0 radical (unpaired) electrons. The van der Waals surface area contributed by atoms with Gasteiger partial charge in [0.2, 0.25) is 0 Å². The third-order valence-electron chi connectivity index (χ3n) is 3.90. The quantitative estimate of drug-likeness (QED) is 0.869. The second-order valence-corrected chi connectivity index (χ2v) is 5.38. The van der Waals surface area contributed by atoms with Gasteiger partial charge >= 0.3 is 0 Å². The normalized spacial score (nSPS) is 24.6. The van der Waals surface area contributed by atoms with E-state index in [0.29, 0.717) is 6.10 Å². The maximum absolute atomic E-state index is 13.0. The van der Waals surface area contributed by atoms with Crippen molar-refractivity contribution in [3.63, 3.8) is 0 Å². The van der Waals surface area contributed by atoms with Gasteiger partial charge in [-0.3, -0.25) is 0 Å². The summed E-state index contributed by atoms with van der Waals surface area (Å²) in [5.74, 6) is -0.214. The zero-order valence-corrected chi connectivity index (χ0v) is 12.3. The largest absolute Gasteiger partial charge is 0.381 e. The van der Waals surface area contributed by atoms with Crippen molar-refractivity contribution in [3.8, 4) is 0 Å². The lowest BCUT2D eigenvalue weighted by Gasteiger charge is -2.31. The fourth-order valence-corrected chi connectivity index (χ4v) is 2.78. The van der Waals surface area contributed by atoms with E-state index in [9.17, 15) is 4.39 Å². The Labute approximate surface area is 120 Å². The smallest absolute Gasteiger partial charge is 0.123 e. The van der Waals surface area contributed by atoms with Crippen LogP contribution in [0, 0.1) is 5.82 Å². The van der Waals surface area contributed by atoms with E-state index in [1.807, 2.05) is 7.05 Å². The average molecular weight is 281 g/mol. The minimum atomic E-state index is -0.214. The van der Waals surface area contributed by atoms with E-state index >= 15 is 0 Å². The molecule has 3 atom stereocenters. The summed E-state index contributed by atoms with van der Waals surface area (Å²) in [5, 5.41) is 3.15. The molecule has 1 aromatic rings. The van der Waals surface area contributed by atoms with Gasteiger partial charge in [0.25, 0.3) is 0 Å². The maximum atomic E-state index is 13.0. The van der Waals surface area contributed by atoms with Gasteiger partial charge in [0.1, 0.15) is 5.82 Å². The van der Waals surface area contributed by atoms with Crippen LogP contribution in [0.15, 0.2) is 24.3 Å². The summed E-state index contributed by atoms with van der Waals surface area (Å²) in [5.41, 5.74) is 1.01. The first-order chi connectivity index (χ1) is 9.72. The highest BCUT2D eigenvalue weighted by Gasteiger charge is 2.25. The Balaban J connectivity index is 1.99. The molecule has 1 aromatic carbocycles. The molecule has 3 unspecified atom stereocenters. The van der Waals surface area contributed by atoms with Gasteiger partial charge in [0.15, 0.2) is 0 Å². The zero-order chi connectivity index (χ0) is 14.4. The molecule has 1 aliphatic rings. The monoisotopic (exact) mass is 281 g/mol. The summed E-state index contributed by atoms with van der Waals surface area (Å²) < 4.78 is 24.7. The number of ether oxygens (including phenoxy) is 2. The minimum absolute atomic E-state index is 0.0405. The van der Waals surface area contributed by atoms with Crippen molar-refractivity contribution in [1.82, 2.24) is 5.32 Å². The van der Waals surface area contributed by atoms with Gasteiger partial charge in [-0.2, -0.15) is 0 Å². The van der Waals surface area contributed by atoms with Gasteiger partial charge in [-0.05, 0) is 50.4 Å². The van der Waals surface area contributed by atoms with Crippen LogP contribution in [0.3, 0.4) is 0 Å². The van der Waals surface area contributed by atoms with Crippen molar-refractivity contribution >= 4 is 0 Å². The molecule has 0 saturated heterocycles. The molecule has 4 heteroatoms. The SMILES string of the molecule is CNCC(OC1CCCC(OC)C1)c1ccc(F)cc1. The van der Waals surface area contributed by atoms with Crippen LogP contribution in [0.4, 0.5) is 4.39 Å². The van der Waals surface area contributed by atoms with Crippen molar-refractivity contribution in [2.45, 2.75) is 44.0 Å². The van der Waals surface area contributed by atoms with E-state index in [2.05, 4.69) is 5.32 Å². The second-order valence-electron chi connectivity index (χ2n) is 5.38. The summed E-state index contributed by atoms with van der Waals surface area (Å²) in [7, 11) is 3.66. The fourth-order valence-electron chi connectivity index (χ4n) is 2.78. The Hall–Kier alpha value is -0.970. The summed E-state index contributed by atoms with van der Waals surface area (Å²) in [6.45, 7) is 0.722. The predicted molar refractivity (Wildman–Crippen MR) is 77.2 cm³/mol. The molecule has 0 heterocycles. The van der Waals surface area contributed by atoms with E-state index < -0.39 is 0 Å². The molecular formula is C16H24FNO2. The molecule has 112 valence electrons. The molecular weight excluding hydrogens is 257 g/mol. The Bertz CT molecular complexity index is 396. The van der Waals surface area contributed by atoms with Crippen LogP contribution in [0.25, 0.3) is 0 Å². The highest BCUT2D eigenvalue weighted by Crippen LogP contribution is 2.28.